The van der Waals surface area contributed by atoms with Crippen LogP contribution < -0.4 is 5.43 Å². The third kappa shape index (κ3) is 2.77. The number of hydrogen-bond donors (Lipinski definition) is 2. The van der Waals surface area contributed by atoms with E-state index in [9.17, 15) is 19.8 Å². The summed E-state index contributed by atoms with van der Waals surface area (Å²) in [5.74, 6) is -0.578. The van der Waals surface area contributed by atoms with Crippen molar-refractivity contribution in [2.75, 3.05) is 6.61 Å². The van der Waals surface area contributed by atoms with Gasteiger partial charge in [0, 0.05) is 28.9 Å². The number of carbonyl (C=O) groups excluding carboxylic acids is 1. The van der Waals surface area contributed by atoms with Crippen LogP contribution in [0.1, 0.15) is 13.3 Å². The maximum Gasteiger partial charge on any atom is 0.307 e. The number of aromatic hydroxyl groups is 2. The van der Waals surface area contributed by atoms with Gasteiger partial charge in [-0.2, -0.15) is 0 Å². The van der Waals surface area contributed by atoms with Crippen molar-refractivity contribution in [3.05, 3.63) is 46.8 Å². The summed E-state index contributed by atoms with van der Waals surface area (Å²) in [5.41, 5.74) is 0.624. The maximum atomic E-state index is 12.4. The van der Waals surface area contributed by atoms with E-state index in [4.69, 9.17) is 9.15 Å². The average Bonchev–Trinajstić information content (AvgIpc) is 2.64. The number of rotatable bonds is 4. The molecule has 2 heterocycles. The lowest BCUT2D eigenvalue weighted by Gasteiger charge is -2.15. The van der Waals surface area contributed by atoms with Gasteiger partial charge in [0.2, 0.25) is 5.88 Å². The molecule has 2 aromatic carbocycles. The third-order valence-electron chi connectivity index (χ3n) is 4.51. The zero-order valence-electron chi connectivity index (χ0n) is 14.6. The van der Waals surface area contributed by atoms with E-state index < -0.39 is 5.97 Å². The molecule has 2 N–H and O–H groups in total. The van der Waals surface area contributed by atoms with Gasteiger partial charge in [-0.3, -0.25) is 9.59 Å². The third-order valence-corrected chi connectivity index (χ3v) is 4.51. The Morgan fingerprint density at radius 3 is 2.67 bits per heavy atom. The van der Waals surface area contributed by atoms with E-state index in [0.717, 1.165) is 0 Å². The Morgan fingerprint density at radius 1 is 1.11 bits per heavy atom. The molecule has 7 heteroatoms. The Kier molecular flexibility index (Phi) is 3.99. The summed E-state index contributed by atoms with van der Waals surface area (Å²) in [7, 11) is 0. The number of aryl methyl sites for hydroxylation is 1. The van der Waals surface area contributed by atoms with Crippen LogP contribution in [0.25, 0.3) is 32.7 Å². The minimum atomic E-state index is -0.393. The number of benzene rings is 2. The first-order chi connectivity index (χ1) is 13.0. The molecule has 138 valence electrons. The van der Waals surface area contributed by atoms with Gasteiger partial charge >= 0.3 is 5.97 Å². The molecule has 0 saturated carbocycles. The summed E-state index contributed by atoms with van der Waals surface area (Å²) in [6.07, 6.45) is 1.70. The molecule has 27 heavy (non-hydrogen) atoms. The first-order valence-corrected chi connectivity index (χ1v) is 8.55. The zero-order chi connectivity index (χ0) is 19.1. The van der Waals surface area contributed by atoms with Crippen molar-refractivity contribution in [1.82, 2.24) is 4.57 Å². The van der Waals surface area contributed by atoms with Crippen LogP contribution in [-0.4, -0.2) is 27.4 Å². The highest BCUT2D eigenvalue weighted by Gasteiger charge is 2.18. The van der Waals surface area contributed by atoms with Crippen LogP contribution in [-0.2, 0) is 16.1 Å². The van der Waals surface area contributed by atoms with Crippen molar-refractivity contribution >= 4 is 38.7 Å². The SMILES string of the molecule is CCOC(=O)CCn1cc2c3cc(O)ccc3oc3ccc(=O)c(c1O)c32. The summed E-state index contributed by atoms with van der Waals surface area (Å²) >= 11 is 0. The van der Waals surface area contributed by atoms with Crippen molar-refractivity contribution in [2.45, 2.75) is 19.9 Å². The molecule has 2 aromatic heterocycles. The lowest BCUT2D eigenvalue weighted by atomic mass is 10.0. The molecule has 0 aliphatic heterocycles. The number of phenolic OH excluding ortho intramolecular Hbond substituents is 1. The maximum absolute atomic E-state index is 12.4. The number of phenols is 1. The molecule has 0 unspecified atom stereocenters. The minimum Gasteiger partial charge on any atom is -0.508 e. The number of carbonyl (C=O) groups is 1. The van der Waals surface area contributed by atoms with Crippen LogP contribution in [0, 0.1) is 0 Å². The van der Waals surface area contributed by atoms with Crippen LogP contribution in [0.2, 0.25) is 0 Å². The summed E-state index contributed by atoms with van der Waals surface area (Å²) in [4.78, 5) is 24.1. The molecule has 0 saturated heterocycles. The molecule has 0 aliphatic carbocycles. The highest BCUT2D eigenvalue weighted by Crippen LogP contribution is 2.37. The second-order valence-electron chi connectivity index (χ2n) is 6.21. The molecule has 0 spiro atoms. The van der Waals surface area contributed by atoms with E-state index in [1.165, 1.54) is 22.8 Å². The number of pyridine rings is 1. The lowest BCUT2D eigenvalue weighted by molar-refractivity contribution is -0.143. The van der Waals surface area contributed by atoms with Crippen LogP contribution in [0.4, 0.5) is 0 Å². The van der Waals surface area contributed by atoms with E-state index in [1.807, 2.05) is 0 Å². The van der Waals surface area contributed by atoms with E-state index in [2.05, 4.69) is 0 Å². The van der Waals surface area contributed by atoms with Crippen LogP contribution in [0.15, 0.2) is 45.7 Å². The molecule has 0 amide bonds. The average molecular weight is 367 g/mol. The minimum absolute atomic E-state index is 0.0499. The van der Waals surface area contributed by atoms with Gasteiger partial charge in [-0.05, 0) is 37.3 Å². The van der Waals surface area contributed by atoms with Crippen LogP contribution in [0.5, 0.6) is 11.6 Å². The molecule has 0 aliphatic rings. The number of nitrogens with zero attached hydrogens (tertiary/aromatic N) is 1. The van der Waals surface area contributed by atoms with Gasteiger partial charge in [0.1, 0.15) is 16.9 Å². The highest BCUT2D eigenvalue weighted by molar-refractivity contribution is 6.18. The molecule has 4 aromatic rings. The summed E-state index contributed by atoms with van der Waals surface area (Å²) in [6.45, 7) is 2.14. The van der Waals surface area contributed by atoms with Crippen molar-refractivity contribution in [3.63, 3.8) is 0 Å². The predicted octanol–water partition coefficient (Wildman–Crippen LogP) is 3.27. The van der Waals surface area contributed by atoms with E-state index >= 15 is 0 Å². The van der Waals surface area contributed by atoms with Gasteiger partial charge in [0.15, 0.2) is 5.43 Å². The van der Waals surface area contributed by atoms with Crippen LogP contribution >= 0.6 is 0 Å². The Balaban J connectivity index is 2.03. The quantitative estimate of drug-likeness (QED) is 0.326. The van der Waals surface area contributed by atoms with E-state index in [1.54, 1.807) is 25.3 Å². The number of hydrogen-bond acceptors (Lipinski definition) is 6. The second-order valence-corrected chi connectivity index (χ2v) is 6.21. The van der Waals surface area contributed by atoms with Crippen molar-refractivity contribution in [2.24, 2.45) is 0 Å². The molecule has 0 atom stereocenters. The Bertz CT molecular complexity index is 1250. The van der Waals surface area contributed by atoms with Crippen molar-refractivity contribution in [3.8, 4) is 11.6 Å². The van der Waals surface area contributed by atoms with Gasteiger partial charge in [-0.15, -0.1) is 0 Å². The molecule has 0 radical (unpaired) electrons. The second kappa shape index (κ2) is 6.35. The largest absolute Gasteiger partial charge is 0.508 e. The van der Waals surface area contributed by atoms with Gasteiger partial charge in [0.25, 0.3) is 0 Å². The molecular formula is C20H17NO6. The van der Waals surface area contributed by atoms with Crippen molar-refractivity contribution < 1.29 is 24.2 Å². The predicted molar refractivity (Wildman–Crippen MR) is 100 cm³/mol. The smallest absolute Gasteiger partial charge is 0.307 e. The molecule has 4 rings (SSSR count). The Labute approximate surface area is 153 Å². The van der Waals surface area contributed by atoms with Gasteiger partial charge in [-0.25, -0.2) is 0 Å². The fourth-order valence-corrected chi connectivity index (χ4v) is 3.32. The summed E-state index contributed by atoms with van der Waals surface area (Å²) < 4.78 is 12.2. The monoisotopic (exact) mass is 367 g/mol. The van der Waals surface area contributed by atoms with Gasteiger partial charge in [0.05, 0.1) is 18.4 Å². The van der Waals surface area contributed by atoms with E-state index in [-0.39, 0.29) is 42.0 Å². The molecule has 0 bridgehead atoms. The number of esters is 1. The zero-order valence-corrected chi connectivity index (χ0v) is 14.6. The first-order valence-electron chi connectivity index (χ1n) is 8.55. The normalized spacial score (nSPS) is 11.4. The molecule has 0 fully saturated rings. The number of fused-ring (bicyclic) bond motifs is 2. The van der Waals surface area contributed by atoms with Gasteiger partial charge in [-0.1, -0.05) is 0 Å². The molecular weight excluding hydrogens is 350 g/mol. The van der Waals surface area contributed by atoms with E-state index in [0.29, 0.717) is 27.3 Å². The standard InChI is InChI=1S/C20H17NO6/c1-2-26-17(24)7-8-21-10-13-12-9-11(22)3-5-15(12)27-16-6-4-14(23)19(18(13)16)20(21)25/h3-6,9-10,22,25H,2,7-8H2,1H3. The first kappa shape index (κ1) is 17.0. The van der Waals surface area contributed by atoms with Gasteiger partial charge < -0.3 is 23.9 Å². The summed E-state index contributed by atoms with van der Waals surface area (Å²) in [5, 5.41) is 22.3. The Hall–Kier alpha value is -3.48. The number of aromatic nitrogens is 1. The number of ether oxygens (including phenoxy) is 1. The highest BCUT2D eigenvalue weighted by atomic mass is 16.5. The lowest BCUT2D eigenvalue weighted by Crippen LogP contribution is -2.11. The van der Waals surface area contributed by atoms with Crippen molar-refractivity contribution in [1.29, 1.82) is 0 Å². The fraction of sp³-hybridized carbons (Fsp3) is 0.200. The topological polar surface area (TPSA) is 102 Å². The fourth-order valence-electron chi connectivity index (χ4n) is 3.32. The summed E-state index contributed by atoms with van der Waals surface area (Å²) in [6, 6.07) is 7.59. The van der Waals surface area contributed by atoms with Crippen LogP contribution in [0.3, 0.4) is 0 Å². The molecule has 7 nitrogen and oxygen atoms in total. The Morgan fingerprint density at radius 2 is 1.89 bits per heavy atom.